The van der Waals surface area contributed by atoms with Crippen LogP contribution >= 0.6 is 0 Å². The first-order chi connectivity index (χ1) is 7.59. The molecular formula is C10H19N3O3S. The highest BCUT2D eigenvalue weighted by Gasteiger charge is 2.23. The molecule has 0 fully saturated rings. The number of sulfone groups is 1. The molecule has 0 spiro atoms. The zero-order chi connectivity index (χ0) is 13.3. The lowest BCUT2D eigenvalue weighted by atomic mass is 10.0. The Kier molecular flexibility index (Phi) is 3.93. The molecule has 1 rings (SSSR count). The molecule has 0 saturated heterocycles. The van der Waals surface area contributed by atoms with E-state index < -0.39 is 15.1 Å². The van der Waals surface area contributed by atoms with Crippen LogP contribution in [0.25, 0.3) is 0 Å². The molecule has 0 aromatic carbocycles. The Morgan fingerprint density at radius 1 is 1.47 bits per heavy atom. The van der Waals surface area contributed by atoms with Gasteiger partial charge in [0.15, 0.2) is 15.7 Å². The van der Waals surface area contributed by atoms with Gasteiger partial charge in [-0.1, -0.05) is 5.16 Å². The number of aryl methyl sites for hydroxylation is 1. The smallest absolute Gasteiger partial charge is 0.226 e. The molecule has 0 amide bonds. The number of nitrogens with two attached hydrogens (primary N) is 1. The molecule has 1 unspecified atom stereocenters. The maximum Gasteiger partial charge on any atom is 0.226 e. The van der Waals surface area contributed by atoms with Gasteiger partial charge in [-0.05, 0) is 27.2 Å². The van der Waals surface area contributed by atoms with E-state index >= 15 is 0 Å². The number of hydrogen-bond donors (Lipinski definition) is 1. The van der Waals surface area contributed by atoms with Gasteiger partial charge in [0.25, 0.3) is 0 Å². The Balaban J connectivity index is 2.73. The number of nitrogens with zero attached hydrogens (tertiary/aromatic N) is 2. The van der Waals surface area contributed by atoms with Gasteiger partial charge in [0.2, 0.25) is 5.89 Å². The molecule has 98 valence electrons. The Bertz CT molecular complexity index is 473. The van der Waals surface area contributed by atoms with Crippen molar-refractivity contribution in [3.8, 4) is 0 Å². The molecule has 2 N–H and O–H groups in total. The molecule has 0 saturated carbocycles. The minimum Gasteiger partial charge on any atom is -0.339 e. The first-order valence-corrected chi connectivity index (χ1v) is 7.35. The third-order valence-electron chi connectivity index (χ3n) is 2.47. The molecule has 17 heavy (non-hydrogen) atoms. The monoisotopic (exact) mass is 261 g/mol. The Hall–Kier alpha value is -0.950. The van der Waals surface area contributed by atoms with Gasteiger partial charge in [0.05, 0.1) is 0 Å². The van der Waals surface area contributed by atoms with Crippen LogP contribution in [0.2, 0.25) is 0 Å². The fourth-order valence-corrected chi connectivity index (χ4v) is 1.63. The first kappa shape index (κ1) is 14.1. The predicted octanol–water partition coefficient (Wildman–Crippen LogP) is 0.845. The van der Waals surface area contributed by atoms with Crippen molar-refractivity contribution in [1.29, 1.82) is 0 Å². The standard InChI is InChI=1S/C10H19N3O3S/c1-7(17(4,14)15)9-12-8(16-13-9)5-6-10(2,3)11/h7H,5-6,11H2,1-4H3. The van der Waals surface area contributed by atoms with E-state index in [1.54, 1.807) is 0 Å². The van der Waals surface area contributed by atoms with Crippen LogP contribution in [0.1, 0.15) is 44.2 Å². The average molecular weight is 261 g/mol. The molecule has 0 aliphatic carbocycles. The molecule has 0 aliphatic heterocycles. The molecule has 1 heterocycles. The van der Waals surface area contributed by atoms with Crippen molar-refractivity contribution in [2.75, 3.05) is 6.26 Å². The lowest BCUT2D eigenvalue weighted by molar-refractivity contribution is 0.354. The summed E-state index contributed by atoms with van der Waals surface area (Å²) in [6.07, 6.45) is 2.39. The van der Waals surface area contributed by atoms with Crippen LogP contribution in [0.5, 0.6) is 0 Å². The van der Waals surface area contributed by atoms with Crippen molar-refractivity contribution in [2.45, 2.75) is 44.4 Å². The number of hydrogen-bond acceptors (Lipinski definition) is 6. The summed E-state index contributed by atoms with van der Waals surface area (Å²) in [5, 5.41) is 2.93. The van der Waals surface area contributed by atoms with Gasteiger partial charge in [-0.15, -0.1) is 0 Å². The maximum atomic E-state index is 11.3. The minimum absolute atomic E-state index is 0.206. The highest BCUT2D eigenvalue weighted by atomic mass is 32.2. The average Bonchev–Trinajstić information content (AvgIpc) is 2.59. The van der Waals surface area contributed by atoms with Crippen molar-refractivity contribution in [1.82, 2.24) is 10.1 Å². The molecule has 7 heteroatoms. The Morgan fingerprint density at radius 3 is 2.53 bits per heavy atom. The highest BCUT2D eigenvalue weighted by molar-refractivity contribution is 7.90. The fourth-order valence-electron chi connectivity index (χ4n) is 1.16. The summed E-state index contributed by atoms with van der Waals surface area (Å²) >= 11 is 0. The SMILES string of the molecule is CC(c1noc(CCC(C)(C)N)n1)S(C)(=O)=O. The molecule has 0 radical (unpaired) electrons. The molecule has 1 aromatic rings. The Labute approximate surface area is 102 Å². The summed E-state index contributed by atoms with van der Waals surface area (Å²) in [6.45, 7) is 5.35. The maximum absolute atomic E-state index is 11.3. The summed E-state index contributed by atoms with van der Waals surface area (Å²) in [6, 6.07) is 0. The quantitative estimate of drug-likeness (QED) is 0.843. The van der Waals surface area contributed by atoms with E-state index in [2.05, 4.69) is 10.1 Å². The topological polar surface area (TPSA) is 99.1 Å². The van der Waals surface area contributed by atoms with E-state index in [-0.39, 0.29) is 11.4 Å². The molecule has 6 nitrogen and oxygen atoms in total. The third-order valence-corrected chi connectivity index (χ3v) is 3.97. The summed E-state index contributed by atoms with van der Waals surface area (Å²) in [5.74, 6) is 0.631. The molecular weight excluding hydrogens is 242 g/mol. The van der Waals surface area contributed by atoms with E-state index in [0.717, 1.165) is 6.26 Å². The van der Waals surface area contributed by atoms with Gasteiger partial charge in [0.1, 0.15) is 5.25 Å². The van der Waals surface area contributed by atoms with Crippen molar-refractivity contribution < 1.29 is 12.9 Å². The second-order valence-electron chi connectivity index (χ2n) is 5.01. The van der Waals surface area contributed by atoms with E-state index in [1.165, 1.54) is 6.92 Å². The van der Waals surface area contributed by atoms with Crippen LogP contribution in [-0.2, 0) is 16.3 Å². The lowest BCUT2D eigenvalue weighted by Gasteiger charge is -2.16. The number of aromatic nitrogens is 2. The van der Waals surface area contributed by atoms with Crippen molar-refractivity contribution in [3.63, 3.8) is 0 Å². The lowest BCUT2D eigenvalue weighted by Crippen LogP contribution is -2.32. The second kappa shape index (κ2) is 4.73. The summed E-state index contributed by atoms with van der Waals surface area (Å²) in [4.78, 5) is 4.07. The van der Waals surface area contributed by atoms with Crippen LogP contribution < -0.4 is 5.73 Å². The molecule has 1 atom stereocenters. The molecule has 1 aromatic heterocycles. The van der Waals surface area contributed by atoms with Crippen LogP contribution in [0.3, 0.4) is 0 Å². The van der Waals surface area contributed by atoms with E-state index in [9.17, 15) is 8.42 Å². The van der Waals surface area contributed by atoms with Gasteiger partial charge in [-0.3, -0.25) is 0 Å². The number of rotatable bonds is 5. The predicted molar refractivity (Wildman–Crippen MR) is 64.1 cm³/mol. The third kappa shape index (κ3) is 4.43. The van der Waals surface area contributed by atoms with Gasteiger partial charge < -0.3 is 10.3 Å². The van der Waals surface area contributed by atoms with E-state index in [4.69, 9.17) is 10.3 Å². The summed E-state index contributed by atoms with van der Waals surface area (Å²) in [7, 11) is -3.20. The van der Waals surface area contributed by atoms with E-state index in [1.807, 2.05) is 13.8 Å². The van der Waals surface area contributed by atoms with Crippen LogP contribution in [0, 0.1) is 0 Å². The van der Waals surface area contributed by atoms with Crippen molar-refractivity contribution in [2.24, 2.45) is 5.73 Å². The second-order valence-corrected chi connectivity index (χ2v) is 7.37. The summed E-state index contributed by atoms with van der Waals surface area (Å²) < 4.78 is 27.6. The highest BCUT2D eigenvalue weighted by Crippen LogP contribution is 2.18. The van der Waals surface area contributed by atoms with E-state index in [0.29, 0.717) is 18.7 Å². The fraction of sp³-hybridized carbons (Fsp3) is 0.800. The van der Waals surface area contributed by atoms with Crippen LogP contribution in [-0.4, -0.2) is 30.4 Å². The minimum atomic E-state index is -3.20. The zero-order valence-corrected chi connectivity index (χ0v) is 11.4. The largest absolute Gasteiger partial charge is 0.339 e. The first-order valence-electron chi connectivity index (χ1n) is 5.40. The van der Waals surface area contributed by atoms with Gasteiger partial charge in [0, 0.05) is 18.2 Å². The van der Waals surface area contributed by atoms with Crippen LogP contribution in [0.4, 0.5) is 0 Å². The molecule has 0 bridgehead atoms. The van der Waals surface area contributed by atoms with Gasteiger partial charge >= 0.3 is 0 Å². The van der Waals surface area contributed by atoms with Crippen molar-refractivity contribution >= 4 is 9.84 Å². The molecule has 0 aliphatic rings. The summed E-state index contributed by atoms with van der Waals surface area (Å²) in [5.41, 5.74) is 5.52. The zero-order valence-electron chi connectivity index (χ0n) is 10.6. The van der Waals surface area contributed by atoms with Gasteiger partial charge in [-0.25, -0.2) is 8.42 Å². The van der Waals surface area contributed by atoms with Crippen molar-refractivity contribution in [3.05, 3.63) is 11.7 Å². The van der Waals surface area contributed by atoms with Gasteiger partial charge in [-0.2, -0.15) is 4.98 Å². The van der Waals surface area contributed by atoms with Crippen LogP contribution in [0.15, 0.2) is 4.52 Å². The Morgan fingerprint density at radius 2 is 2.06 bits per heavy atom. The normalized spacial score (nSPS) is 14.9.